The van der Waals surface area contributed by atoms with Gasteiger partial charge in [-0.05, 0) is 17.7 Å². The minimum atomic E-state index is -0.334. The highest BCUT2D eigenvalue weighted by Crippen LogP contribution is 2.23. The van der Waals surface area contributed by atoms with Crippen LogP contribution in [0.4, 0.5) is 10.5 Å². The van der Waals surface area contributed by atoms with E-state index >= 15 is 0 Å². The first-order valence-electron chi connectivity index (χ1n) is 8.32. The predicted molar refractivity (Wildman–Crippen MR) is 95.7 cm³/mol. The van der Waals surface area contributed by atoms with Crippen molar-refractivity contribution in [3.05, 3.63) is 60.2 Å². The van der Waals surface area contributed by atoms with E-state index in [2.05, 4.69) is 22.8 Å². The zero-order valence-electron chi connectivity index (χ0n) is 13.9. The highest BCUT2D eigenvalue weighted by Gasteiger charge is 2.25. The normalized spacial score (nSPS) is 13.4. The minimum Gasteiger partial charge on any atom is -0.491 e. The zero-order valence-corrected chi connectivity index (χ0v) is 13.9. The second-order valence-electron chi connectivity index (χ2n) is 5.71. The lowest BCUT2D eigenvalue weighted by molar-refractivity contribution is -0.125. The van der Waals surface area contributed by atoms with Crippen LogP contribution < -0.4 is 15.4 Å². The van der Waals surface area contributed by atoms with Gasteiger partial charge in [-0.15, -0.1) is 0 Å². The van der Waals surface area contributed by atoms with Crippen molar-refractivity contribution in [2.24, 2.45) is 0 Å². The lowest BCUT2D eigenvalue weighted by Gasteiger charge is -2.15. The van der Waals surface area contributed by atoms with Gasteiger partial charge in [-0.2, -0.15) is 0 Å². The van der Waals surface area contributed by atoms with E-state index < -0.39 is 0 Å². The summed E-state index contributed by atoms with van der Waals surface area (Å²) in [4.78, 5) is 24.8. The van der Waals surface area contributed by atoms with E-state index in [0.29, 0.717) is 25.4 Å². The van der Waals surface area contributed by atoms with Crippen molar-refractivity contribution in [3.8, 4) is 5.75 Å². The lowest BCUT2D eigenvalue weighted by Crippen LogP contribution is -2.38. The Balaban J connectivity index is 1.53. The van der Waals surface area contributed by atoms with Crippen molar-refractivity contribution in [2.45, 2.75) is 6.42 Å². The molecule has 25 heavy (non-hydrogen) atoms. The number of anilines is 1. The SMILES string of the molecule is O=C(CNc1ccccc1OCCc1ccccc1)N1CCNC1=O. The average molecular weight is 339 g/mol. The summed E-state index contributed by atoms with van der Waals surface area (Å²) in [5.74, 6) is 0.436. The number of hydrogen-bond donors (Lipinski definition) is 2. The molecular weight excluding hydrogens is 318 g/mol. The third-order valence-corrected chi connectivity index (χ3v) is 3.97. The second-order valence-corrected chi connectivity index (χ2v) is 5.71. The van der Waals surface area contributed by atoms with Gasteiger partial charge >= 0.3 is 6.03 Å². The Morgan fingerprint density at radius 1 is 1.12 bits per heavy atom. The van der Waals surface area contributed by atoms with Crippen molar-refractivity contribution in [1.29, 1.82) is 0 Å². The molecule has 0 aliphatic carbocycles. The molecule has 6 nitrogen and oxygen atoms in total. The van der Waals surface area contributed by atoms with Crippen LogP contribution in [0.25, 0.3) is 0 Å². The first-order valence-corrected chi connectivity index (χ1v) is 8.32. The molecule has 1 heterocycles. The van der Waals surface area contributed by atoms with Crippen LogP contribution in [0.5, 0.6) is 5.75 Å². The van der Waals surface area contributed by atoms with Crippen LogP contribution >= 0.6 is 0 Å². The first-order chi connectivity index (χ1) is 12.2. The molecule has 6 heteroatoms. The van der Waals surface area contributed by atoms with E-state index in [1.165, 1.54) is 10.5 Å². The topological polar surface area (TPSA) is 70.7 Å². The molecule has 2 aromatic rings. The first kappa shape index (κ1) is 16.8. The third-order valence-electron chi connectivity index (χ3n) is 3.97. The fourth-order valence-corrected chi connectivity index (χ4v) is 2.64. The molecule has 0 saturated carbocycles. The van der Waals surface area contributed by atoms with Crippen molar-refractivity contribution < 1.29 is 14.3 Å². The van der Waals surface area contributed by atoms with Gasteiger partial charge in [0.2, 0.25) is 5.91 Å². The third kappa shape index (κ3) is 4.50. The number of benzene rings is 2. The van der Waals surface area contributed by atoms with Gasteiger partial charge in [-0.25, -0.2) is 4.79 Å². The summed E-state index contributed by atoms with van der Waals surface area (Å²) in [6.07, 6.45) is 0.808. The fourth-order valence-electron chi connectivity index (χ4n) is 2.64. The van der Waals surface area contributed by atoms with Crippen molar-refractivity contribution in [2.75, 3.05) is 31.6 Å². The summed E-state index contributed by atoms with van der Waals surface area (Å²) in [6, 6.07) is 17.3. The molecule has 0 bridgehead atoms. The molecule has 2 N–H and O–H groups in total. The number of nitrogens with one attached hydrogen (secondary N) is 2. The summed E-state index contributed by atoms with van der Waals surface area (Å²) in [5.41, 5.74) is 1.95. The predicted octanol–water partition coefficient (Wildman–Crippen LogP) is 2.27. The molecule has 0 aromatic heterocycles. The number of amides is 3. The molecule has 3 rings (SSSR count). The van der Waals surface area contributed by atoms with Gasteiger partial charge in [0.05, 0.1) is 18.8 Å². The van der Waals surface area contributed by atoms with Gasteiger partial charge in [0.25, 0.3) is 0 Å². The van der Waals surface area contributed by atoms with Crippen molar-refractivity contribution in [3.63, 3.8) is 0 Å². The monoisotopic (exact) mass is 339 g/mol. The molecule has 1 aliphatic heterocycles. The van der Waals surface area contributed by atoms with E-state index in [0.717, 1.165) is 12.1 Å². The molecule has 130 valence electrons. The zero-order chi connectivity index (χ0) is 17.5. The molecule has 3 amide bonds. The second kappa shape index (κ2) is 8.19. The standard InChI is InChI=1S/C19H21N3O3/c23-18(22-12-11-20-19(22)24)14-21-16-8-4-5-9-17(16)25-13-10-15-6-2-1-3-7-15/h1-9,21H,10-14H2,(H,20,24). The summed E-state index contributed by atoms with van der Waals surface area (Å²) < 4.78 is 5.85. The van der Waals surface area contributed by atoms with E-state index in [4.69, 9.17) is 4.74 Å². The smallest absolute Gasteiger partial charge is 0.324 e. The van der Waals surface area contributed by atoms with Gasteiger partial charge in [0.15, 0.2) is 0 Å². The quantitative estimate of drug-likeness (QED) is 0.812. The molecule has 1 aliphatic rings. The molecule has 1 fully saturated rings. The summed E-state index contributed by atoms with van der Waals surface area (Å²) >= 11 is 0. The summed E-state index contributed by atoms with van der Waals surface area (Å²) in [6.45, 7) is 1.51. The minimum absolute atomic E-state index is 0.0481. The molecular formula is C19H21N3O3. The van der Waals surface area contributed by atoms with Gasteiger partial charge in [-0.3, -0.25) is 9.69 Å². The number of rotatable bonds is 7. The Bertz CT molecular complexity index is 734. The highest BCUT2D eigenvalue weighted by atomic mass is 16.5. The number of carbonyl (C=O) groups excluding carboxylic acids is 2. The molecule has 0 radical (unpaired) electrons. The van der Waals surface area contributed by atoms with E-state index in [-0.39, 0.29) is 18.5 Å². The van der Waals surface area contributed by atoms with Gasteiger partial charge in [0.1, 0.15) is 5.75 Å². The number of nitrogens with zero attached hydrogens (tertiary/aromatic N) is 1. The lowest BCUT2D eigenvalue weighted by atomic mass is 10.2. The maximum Gasteiger partial charge on any atom is 0.324 e. The van der Waals surface area contributed by atoms with E-state index in [1.54, 1.807) is 0 Å². The number of carbonyl (C=O) groups is 2. The number of para-hydroxylation sites is 2. The number of ether oxygens (including phenoxy) is 1. The maximum atomic E-state index is 12.1. The Morgan fingerprint density at radius 3 is 2.64 bits per heavy atom. The van der Waals surface area contributed by atoms with Gasteiger partial charge in [0, 0.05) is 19.5 Å². The fraction of sp³-hybridized carbons (Fsp3) is 0.263. The summed E-state index contributed by atoms with van der Waals surface area (Å²) in [5, 5.41) is 5.68. The Hall–Kier alpha value is -3.02. The molecule has 0 spiro atoms. The van der Waals surface area contributed by atoms with E-state index in [9.17, 15) is 9.59 Å². The van der Waals surface area contributed by atoms with Crippen LogP contribution in [0.1, 0.15) is 5.56 Å². The Kier molecular flexibility index (Phi) is 5.51. The number of hydrogen-bond acceptors (Lipinski definition) is 4. The van der Waals surface area contributed by atoms with Gasteiger partial charge < -0.3 is 15.4 Å². The number of imide groups is 1. The van der Waals surface area contributed by atoms with Crippen LogP contribution in [0.15, 0.2) is 54.6 Å². The van der Waals surface area contributed by atoms with E-state index in [1.807, 2.05) is 42.5 Å². The maximum absolute atomic E-state index is 12.1. The number of urea groups is 1. The Morgan fingerprint density at radius 2 is 1.88 bits per heavy atom. The van der Waals surface area contributed by atoms with Gasteiger partial charge in [-0.1, -0.05) is 42.5 Å². The van der Waals surface area contributed by atoms with Crippen LogP contribution in [0.3, 0.4) is 0 Å². The Labute approximate surface area is 146 Å². The van der Waals surface area contributed by atoms with Crippen molar-refractivity contribution >= 4 is 17.6 Å². The highest BCUT2D eigenvalue weighted by molar-refractivity contribution is 5.97. The largest absolute Gasteiger partial charge is 0.491 e. The molecule has 1 saturated heterocycles. The van der Waals surface area contributed by atoms with Crippen LogP contribution in [-0.4, -0.2) is 43.1 Å². The van der Waals surface area contributed by atoms with Crippen molar-refractivity contribution in [1.82, 2.24) is 10.2 Å². The molecule has 0 atom stereocenters. The average Bonchev–Trinajstić information content (AvgIpc) is 3.07. The van der Waals surface area contributed by atoms with Crippen LogP contribution in [0, 0.1) is 0 Å². The summed E-state index contributed by atoms with van der Waals surface area (Å²) in [7, 11) is 0. The molecule has 2 aromatic carbocycles. The molecule has 0 unspecified atom stereocenters. The van der Waals surface area contributed by atoms with Crippen LogP contribution in [0.2, 0.25) is 0 Å². The van der Waals surface area contributed by atoms with Crippen LogP contribution in [-0.2, 0) is 11.2 Å².